The predicted octanol–water partition coefficient (Wildman–Crippen LogP) is 2.40. The van der Waals surface area contributed by atoms with E-state index in [1.807, 2.05) is 19.9 Å². The number of oxazole rings is 1. The van der Waals surface area contributed by atoms with Gasteiger partial charge < -0.3 is 14.4 Å². The molecule has 1 aromatic heterocycles. The van der Waals surface area contributed by atoms with Crippen molar-refractivity contribution >= 4 is 17.6 Å². The Morgan fingerprint density at radius 2 is 2.18 bits per heavy atom. The molecule has 2 heterocycles. The van der Waals surface area contributed by atoms with Gasteiger partial charge in [-0.1, -0.05) is 6.07 Å². The highest BCUT2D eigenvalue weighted by molar-refractivity contribution is 5.99. The van der Waals surface area contributed by atoms with Crippen molar-refractivity contribution in [3.63, 3.8) is 0 Å². The first-order chi connectivity index (χ1) is 10.5. The van der Waals surface area contributed by atoms with E-state index in [2.05, 4.69) is 4.98 Å². The Hall–Kier alpha value is -2.63. The van der Waals surface area contributed by atoms with Gasteiger partial charge >= 0.3 is 5.97 Å². The molecule has 1 amide bonds. The average molecular weight is 300 g/mol. The quantitative estimate of drug-likeness (QED) is 0.941. The fraction of sp³-hybridized carbons (Fsp3) is 0.312. The number of carboxylic acid groups (broad SMARTS) is 1. The first-order valence-electron chi connectivity index (χ1n) is 7.03. The number of hydrogen-bond acceptors (Lipinski definition) is 4. The van der Waals surface area contributed by atoms with Gasteiger partial charge in [0.15, 0.2) is 0 Å². The zero-order chi connectivity index (χ0) is 15.9. The Kier molecular flexibility index (Phi) is 3.44. The number of hydrogen-bond donors (Lipinski definition) is 1. The Labute approximate surface area is 127 Å². The van der Waals surface area contributed by atoms with Crippen molar-refractivity contribution in [1.82, 2.24) is 4.98 Å². The molecule has 1 fully saturated rings. The number of rotatable bonds is 3. The predicted molar refractivity (Wildman–Crippen MR) is 79.5 cm³/mol. The molecule has 2 aromatic rings. The minimum atomic E-state index is -0.939. The zero-order valence-electron chi connectivity index (χ0n) is 12.4. The molecule has 6 nitrogen and oxygen atoms in total. The van der Waals surface area contributed by atoms with Crippen molar-refractivity contribution in [3.05, 3.63) is 35.7 Å². The zero-order valence-corrected chi connectivity index (χ0v) is 12.4. The van der Waals surface area contributed by atoms with Crippen LogP contribution in [0.3, 0.4) is 0 Å². The Balaban J connectivity index is 1.91. The van der Waals surface area contributed by atoms with E-state index >= 15 is 0 Å². The van der Waals surface area contributed by atoms with Gasteiger partial charge in [-0.15, -0.1) is 0 Å². The van der Waals surface area contributed by atoms with Gasteiger partial charge in [0.2, 0.25) is 11.8 Å². The summed E-state index contributed by atoms with van der Waals surface area (Å²) in [5.41, 5.74) is 2.25. The molecule has 0 radical (unpaired) electrons. The second-order valence-electron chi connectivity index (χ2n) is 5.45. The summed E-state index contributed by atoms with van der Waals surface area (Å²) in [5, 5.41) is 9.06. The van der Waals surface area contributed by atoms with Crippen LogP contribution in [0.5, 0.6) is 0 Å². The summed E-state index contributed by atoms with van der Waals surface area (Å²) in [4.78, 5) is 28.9. The van der Waals surface area contributed by atoms with Crippen LogP contribution in [0, 0.1) is 19.8 Å². The van der Waals surface area contributed by atoms with E-state index in [-0.39, 0.29) is 18.9 Å². The summed E-state index contributed by atoms with van der Waals surface area (Å²) in [6, 6.07) is 7.24. The molecule has 22 heavy (non-hydrogen) atoms. The van der Waals surface area contributed by atoms with Crippen LogP contribution in [-0.4, -0.2) is 28.5 Å². The molecule has 0 saturated carbocycles. The molecule has 1 N–H and O–H groups in total. The van der Waals surface area contributed by atoms with Gasteiger partial charge in [0, 0.05) is 24.2 Å². The minimum absolute atomic E-state index is 0.0385. The smallest absolute Gasteiger partial charge is 0.308 e. The Morgan fingerprint density at radius 3 is 2.77 bits per heavy atom. The van der Waals surface area contributed by atoms with Gasteiger partial charge in [0.05, 0.1) is 11.6 Å². The summed E-state index contributed by atoms with van der Waals surface area (Å²) < 4.78 is 5.60. The van der Waals surface area contributed by atoms with Crippen molar-refractivity contribution in [2.45, 2.75) is 20.3 Å². The van der Waals surface area contributed by atoms with Crippen LogP contribution in [0.25, 0.3) is 11.5 Å². The summed E-state index contributed by atoms with van der Waals surface area (Å²) >= 11 is 0. The van der Waals surface area contributed by atoms with Gasteiger partial charge in [0.25, 0.3) is 0 Å². The number of nitrogens with zero attached hydrogens (tertiary/aromatic N) is 2. The molecule has 6 heteroatoms. The van der Waals surface area contributed by atoms with Crippen LogP contribution in [0.4, 0.5) is 5.69 Å². The number of aliphatic carboxylic acids is 1. The SMILES string of the molecule is Cc1nc(-c2cccc(N3C[C@H](C(=O)O)CC3=O)c2)oc1C. The molecule has 1 saturated heterocycles. The highest BCUT2D eigenvalue weighted by atomic mass is 16.4. The molecule has 1 aliphatic heterocycles. The highest BCUT2D eigenvalue weighted by Gasteiger charge is 2.35. The van der Waals surface area contributed by atoms with Crippen LogP contribution in [-0.2, 0) is 9.59 Å². The minimum Gasteiger partial charge on any atom is -0.481 e. The van der Waals surface area contributed by atoms with Crippen molar-refractivity contribution in [2.75, 3.05) is 11.4 Å². The third-order valence-corrected chi connectivity index (χ3v) is 3.91. The first-order valence-corrected chi connectivity index (χ1v) is 7.03. The number of carboxylic acids is 1. The molecular formula is C16H16N2O4. The number of aryl methyl sites for hydroxylation is 2. The lowest BCUT2D eigenvalue weighted by molar-refractivity contribution is -0.141. The average Bonchev–Trinajstić information content (AvgIpc) is 3.03. The second-order valence-corrected chi connectivity index (χ2v) is 5.45. The normalized spacial score (nSPS) is 18.0. The van der Waals surface area contributed by atoms with Gasteiger partial charge in [-0.25, -0.2) is 4.98 Å². The lowest BCUT2D eigenvalue weighted by Crippen LogP contribution is -2.25. The lowest BCUT2D eigenvalue weighted by Gasteiger charge is -2.16. The molecular weight excluding hydrogens is 284 g/mol. The summed E-state index contributed by atoms with van der Waals surface area (Å²) in [6.07, 6.45) is 0.0385. The monoisotopic (exact) mass is 300 g/mol. The van der Waals surface area contributed by atoms with E-state index in [0.717, 1.165) is 17.0 Å². The molecule has 0 unspecified atom stereocenters. The maximum Gasteiger partial charge on any atom is 0.308 e. The molecule has 1 aliphatic rings. The first kappa shape index (κ1) is 14.3. The van der Waals surface area contributed by atoms with Crippen LogP contribution in [0.1, 0.15) is 17.9 Å². The van der Waals surface area contributed by atoms with Crippen molar-refractivity contribution in [2.24, 2.45) is 5.92 Å². The summed E-state index contributed by atoms with van der Waals surface area (Å²) in [5.74, 6) is -0.514. The van der Waals surface area contributed by atoms with Crippen LogP contribution in [0.2, 0.25) is 0 Å². The van der Waals surface area contributed by atoms with E-state index < -0.39 is 11.9 Å². The van der Waals surface area contributed by atoms with Crippen LogP contribution >= 0.6 is 0 Å². The molecule has 0 bridgehead atoms. The van der Waals surface area contributed by atoms with Crippen molar-refractivity contribution in [1.29, 1.82) is 0 Å². The summed E-state index contributed by atoms with van der Waals surface area (Å²) in [7, 11) is 0. The molecule has 114 valence electrons. The van der Waals surface area contributed by atoms with E-state index in [1.54, 1.807) is 18.2 Å². The van der Waals surface area contributed by atoms with Gasteiger partial charge in [-0.2, -0.15) is 0 Å². The van der Waals surface area contributed by atoms with E-state index in [4.69, 9.17) is 9.52 Å². The maximum absolute atomic E-state index is 12.0. The van der Waals surface area contributed by atoms with Crippen LogP contribution in [0.15, 0.2) is 28.7 Å². The van der Waals surface area contributed by atoms with Crippen molar-refractivity contribution < 1.29 is 19.1 Å². The number of anilines is 1. The van der Waals surface area contributed by atoms with Gasteiger partial charge in [0.1, 0.15) is 5.76 Å². The van der Waals surface area contributed by atoms with Crippen LogP contribution < -0.4 is 4.90 Å². The Morgan fingerprint density at radius 1 is 1.41 bits per heavy atom. The second kappa shape index (κ2) is 5.29. The third kappa shape index (κ3) is 2.47. The van der Waals surface area contributed by atoms with E-state index in [1.165, 1.54) is 4.90 Å². The van der Waals surface area contributed by atoms with E-state index in [0.29, 0.717) is 11.6 Å². The fourth-order valence-corrected chi connectivity index (χ4v) is 2.53. The fourth-order valence-electron chi connectivity index (χ4n) is 2.53. The number of benzene rings is 1. The maximum atomic E-state index is 12.0. The molecule has 3 rings (SSSR count). The molecule has 0 aliphatic carbocycles. The van der Waals surface area contributed by atoms with Gasteiger partial charge in [-0.05, 0) is 32.0 Å². The third-order valence-electron chi connectivity index (χ3n) is 3.91. The van der Waals surface area contributed by atoms with Gasteiger partial charge in [-0.3, -0.25) is 9.59 Å². The standard InChI is InChI=1S/C16H16N2O4/c1-9-10(2)22-15(17-9)11-4-3-5-13(6-11)18-8-12(16(20)21)7-14(18)19/h3-6,12H,7-8H2,1-2H3,(H,20,21)/t12-/m1/s1. The lowest BCUT2D eigenvalue weighted by atomic mass is 10.1. The number of carbonyl (C=O) groups is 2. The molecule has 1 aromatic carbocycles. The number of aromatic nitrogens is 1. The number of amides is 1. The van der Waals surface area contributed by atoms with Crippen molar-refractivity contribution in [3.8, 4) is 11.5 Å². The van der Waals surface area contributed by atoms with E-state index in [9.17, 15) is 9.59 Å². The molecule has 0 spiro atoms. The topological polar surface area (TPSA) is 83.6 Å². The number of carbonyl (C=O) groups excluding carboxylic acids is 1. The summed E-state index contributed by atoms with van der Waals surface area (Å²) in [6.45, 7) is 3.91. The highest BCUT2D eigenvalue weighted by Crippen LogP contribution is 2.29. The molecule has 1 atom stereocenters. The Bertz CT molecular complexity index is 731. The largest absolute Gasteiger partial charge is 0.481 e.